The molecule has 0 aliphatic rings. The van der Waals surface area contributed by atoms with Crippen molar-refractivity contribution in [1.82, 2.24) is 0 Å². The number of carbonyl (C=O) groups is 1. The minimum Gasteiger partial charge on any atom is -0.506 e. The third kappa shape index (κ3) is 2.63. The van der Waals surface area contributed by atoms with E-state index in [2.05, 4.69) is 5.32 Å². The molecule has 13 heavy (non-hydrogen) atoms. The largest absolute Gasteiger partial charge is 0.506 e. The van der Waals surface area contributed by atoms with E-state index in [4.69, 9.17) is 11.6 Å². The molecule has 70 valence electrons. The minimum absolute atomic E-state index is 0.0353. The number of anilines is 1. The fraction of sp³-hybridized carbons (Fsp3) is 0.222. The zero-order valence-electron chi connectivity index (χ0n) is 7.12. The summed E-state index contributed by atoms with van der Waals surface area (Å²) in [6.07, 6.45) is 0. The number of rotatable bonds is 2. The highest BCUT2D eigenvalue weighted by Gasteiger charge is 2.10. The number of carbonyl (C=O) groups excluding carboxylic acids is 1. The highest BCUT2D eigenvalue weighted by atomic mass is 35.5. The molecule has 1 aromatic rings. The molecular weight excluding hydrogens is 190 g/mol. The number of aromatic hydroxyl groups is 1. The van der Waals surface area contributed by atoms with Crippen LogP contribution in [0, 0.1) is 0 Å². The van der Waals surface area contributed by atoms with Gasteiger partial charge in [0.2, 0.25) is 5.91 Å². The lowest BCUT2D eigenvalue weighted by Gasteiger charge is -2.07. The van der Waals surface area contributed by atoms with Crippen LogP contribution in [-0.4, -0.2) is 16.4 Å². The fourth-order valence-corrected chi connectivity index (χ4v) is 0.866. The maximum absolute atomic E-state index is 11.1. The Labute approximate surface area is 81.3 Å². The Morgan fingerprint density at radius 2 is 2.15 bits per heavy atom. The quantitative estimate of drug-likeness (QED) is 0.565. The summed E-state index contributed by atoms with van der Waals surface area (Å²) in [4.78, 5) is 11.1. The van der Waals surface area contributed by atoms with Crippen LogP contribution < -0.4 is 5.32 Å². The number of phenols is 1. The van der Waals surface area contributed by atoms with Gasteiger partial charge >= 0.3 is 0 Å². The van der Waals surface area contributed by atoms with E-state index >= 15 is 0 Å². The van der Waals surface area contributed by atoms with E-state index in [0.29, 0.717) is 5.69 Å². The molecule has 1 aromatic carbocycles. The van der Waals surface area contributed by atoms with E-state index < -0.39 is 5.38 Å². The zero-order valence-corrected chi connectivity index (χ0v) is 7.88. The van der Waals surface area contributed by atoms with Crippen molar-refractivity contribution >= 4 is 23.2 Å². The van der Waals surface area contributed by atoms with Gasteiger partial charge in [-0.05, 0) is 19.1 Å². The van der Waals surface area contributed by atoms with Gasteiger partial charge in [-0.1, -0.05) is 12.1 Å². The van der Waals surface area contributed by atoms with E-state index in [-0.39, 0.29) is 11.7 Å². The molecule has 1 atom stereocenters. The first-order valence-corrected chi connectivity index (χ1v) is 4.28. The van der Waals surface area contributed by atoms with Crippen molar-refractivity contribution in [3.05, 3.63) is 24.3 Å². The van der Waals surface area contributed by atoms with Crippen LogP contribution in [0.2, 0.25) is 0 Å². The Kier molecular flexibility index (Phi) is 3.14. The monoisotopic (exact) mass is 199 g/mol. The number of alkyl halides is 1. The number of nitrogens with one attached hydrogen (secondary N) is 1. The highest BCUT2D eigenvalue weighted by Crippen LogP contribution is 2.21. The molecule has 0 aliphatic heterocycles. The Morgan fingerprint density at radius 3 is 2.69 bits per heavy atom. The van der Waals surface area contributed by atoms with Crippen molar-refractivity contribution in [3.63, 3.8) is 0 Å². The van der Waals surface area contributed by atoms with Crippen molar-refractivity contribution in [2.75, 3.05) is 5.32 Å². The Morgan fingerprint density at radius 1 is 1.54 bits per heavy atom. The Hall–Kier alpha value is -1.22. The molecule has 0 saturated carbocycles. The van der Waals surface area contributed by atoms with Gasteiger partial charge in [-0.15, -0.1) is 11.6 Å². The summed E-state index contributed by atoms with van der Waals surface area (Å²) in [5, 5.41) is 11.2. The Bertz CT molecular complexity index is 312. The summed E-state index contributed by atoms with van der Waals surface area (Å²) in [7, 11) is 0. The van der Waals surface area contributed by atoms with Gasteiger partial charge in [0.05, 0.1) is 5.69 Å². The minimum atomic E-state index is -0.611. The summed E-state index contributed by atoms with van der Waals surface area (Å²) < 4.78 is 0. The second kappa shape index (κ2) is 4.14. The average molecular weight is 200 g/mol. The molecule has 0 aromatic heterocycles. The normalized spacial score (nSPS) is 12.2. The topological polar surface area (TPSA) is 49.3 Å². The molecule has 0 heterocycles. The van der Waals surface area contributed by atoms with Gasteiger partial charge in [0.25, 0.3) is 0 Å². The van der Waals surface area contributed by atoms with Gasteiger partial charge in [-0.3, -0.25) is 4.79 Å². The lowest BCUT2D eigenvalue weighted by Crippen LogP contribution is -2.20. The number of benzene rings is 1. The Balaban J connectivity index is 2.75. The molecule has 1 rings (SSSR count). The van der Waals surface area contributed by atoms with Crippen LogP contribution in [0.1, 0.15) is 6.92 Å². The van der Waals surface area contributed by atoms with E-state index in [1.165, 1.54) is 6.07 Å². The molecular formula is C9H10ClNO2. The standard InChI is InChI=1S/C9H10ClNO2/c1-6(10)9(13)11-7-4-2-3-5-8(7)12/h2-6,12H,1H3,(H,11,13). The lowest BCUT2D eigenvalue weighted by atomic mass is 10.3. The molecule has 0 bridgehead atoms. The molecule has 3 nitrogen and oxygen atoms in total. The summed E-state index contributed by atoms with van der Waals surface area (Å²) in [6, 6.07) is 6.49. The second-order valence-electron chi connectivity index (χ2n) is 2.62. The third-order valence-electron chi connectivity index (χ3n) is 1.52. The number of halogens is 1. The summed E-state index contributed by atoms with van der Waals surface area (Å²) in [5.74, 6) is -0.295. The van der Waals surface area contributed by atoms with Crippen LogP contribution >= 0.6 is 11.6 Å². The van der Waals surface area contributed by atoms with Gasteiger partial charge in [0.15, 0.2) is 0 Å². The number of hydrogen-bond donors (Lipinski definition) is 2. The van der Waals surface area contributed by atoms with Crippen LogP contribution in [-0.2, 0) is 4.79 Å². The molecule has 1 amide bonds. The van der Waals surface area contributed by atoms with Gasteiger partial charge in [-0.2, -0.15) is 0 Å². The van der Waals surface area contributed by atoms with Gasteiger partial charge < -0.3 is 10.4 Å². The zero-order chi connectivity index (χ0) is 9.84. The summed E-state index contributed by atoms with van der Waals surface area (Å²) >= 11 is 5.54. The summed E-state index contributed by atoms with van der Waals surface area (Å²) in [6.45, 7) is 1.57. The first-order chi connectivity index (χ1) is 6.11. The van der Waals surface area contributed by atoms with Gasteiger partial charge in [-0.25, -0.2) is 0 Å². The number of hydrogen-bond acceptors (Lipinski definition) is 2. The van der Waals surface area contributed by atoms with Crippen molar-refractivity contribution in [1.29, 1.82) is 0 Å². The van der Waals surface area contributed by atoms with Crippen molar-refractivity contribution in [3.8, 4) is 5.75 Å². The number of para-hydroxylation sites is 2. The first-order valence-electron chi connectivity index (χ1n) is 3.84. The van der Waals surface area contributed by atoms with Gasteiger partial charge in [0.1, 0.15) is 11.1 Å². The van der Waals surface area contributed by atoms with Crippen LogP contribution in [0.3, 0.4) is 0 Å². The average Bonchev–Trinajstić information content (AvgIpc) is 2.08. The predicted molar refractivity (Wildman–Crippen MR) is 52.1 cm³/mol. The van der Waals surface area contributed by atoms with Crippen molar-refractivity contribution in [2.24, 2.45) is 0 Å². The molecule has 0 spiro atoms. The number of phenolic OH excluding ortho intramolecular Hbond substituents is 1. The molecule has 4 heteroatoms. The van der Waals surface area contributed by atoms with E-state index in [0.717, 1.165) is 0 Å². The maximum atomic E-state index is 11.1. The van der Waals surface area contributed by atoms with Crippen LogP contribution in [0.15, 0.2) is 24.3 Å². The molecule has 1 unspecified atom stereocenters. The smallest absolute Gasteiger partial charge is 0.242 e. The van der Waals surface area contributed by atoms with Crippen LogP contribution in [0.5, 0.6) is 5.75 Å². The van der Waals surface area contributed by atoms with E-state index in [1.54, 1.807) is 25.1 Å². The second-order valence-corrected chi connectivity index (χ2v) is 3.28. The molecule has 0 radical (unpaired) electrons. The molecule has 2 N–H and O–H groups in total. The SMILES string of the molecule is CC(Cl)C(=O)Nc1ccccc1O. The third-order valence-corrected chi connectivity index (χ3v) is 1.72. The summed E-state index contributed by atoms with van der Waals surface area (Å²) in [5.41, 5.74) is 0.375. The highest BCUT2D eigenvalue weighted by molar-refractivity contribution is 6.32. The van der Waals surface area contributed by atoms with Crippen molar-refractivity contribution < 1.29 is 9.90 Å². The molecule has 0 fully saturated rings. The molecule has 0 saturated heterocycles. The lowest BCUT2D eigenvalue weighted by molar-refractivity contribution is -0.115. The van der Waals surface area contributed by atoms with Crippen molar-refractivity contribution in [2.45, 2.75) is 12.3 Å². The molecule has 0 aliphatic carbocycles. The van der Waals surface area contributed by atoms with Gasteiger partial charge in [0, 0.05) is 0 Å². The van der Waals surface area contributed by atoms with Crippen LogP contribution in [0.25, 0.3) is 0 Å². The first kappa shape index (κ1) is 9.86. The van der Waals surface area contributed by atoms with E-state index in [1.807, 2.05) is 0 Å². The van der Waals surface area contributed by atoms with E-state index in [9.17, 15) is 9.90 Å². The van der Waals surface area contributed by atoms with Crippen LogP contribution in [0.4, 0.5) is 5.69 Å². The predicted octanol–water partition coefficient (Wildman–Crippen LogP) is 1.96. The maximum Gasteiger partial charge on any atom is 0.242 e. The fourth-order valence-electron chi connectivity index (χ4n) is 0.812. The number of amides is 1.